The molecule has 1 saturated heterocycles. The van der Waals surface area contributed by atoms with Gasteiger partial charge < -0.3 is 20.5 Å². The zero-order valence-electron chi connectivity index (χ0n) is 14.1. The van der Waals surface area contributed by atoms with Gasteiger partial charge in [0.15, 0.2) is 0 Å². The molecule has 1 aromatic heterocycles. The fourth-order valence-corrected chi connectivity index (χ4v) is 2.60. The standard InChI is InChI=1S/C18H21N3O3.2ClH/c22-17-11-19-9-14(17)10-21-18(23)13-4-6-16(7-5-13)24-12-15-3-1-2-8-20-15;;/h1-8,14,17,19,22H,9-12H2,(H,21,23);2*1H. The van der Waals surface area contributed by atoms with Crippen LogP contribution in [0.5, 0.6) is 5.75 Å². The topological polar surface area (TPSA) is 83.5 Å². The Labute approximate surface area is 165 Å². The number of carbonyl (C=O) groups is 1. The Morgan fingerprint density at radius 3 is 2.58 bits per heavy atom. The Bertz CT molecular complexity index is 671. The fourth-order valence-electron chi connectivity index (χ4n) is 2.60. The molecule has 3 N–H and O–H groups in total. The Hall–Kier alpha value is -1.86. The second-order valence-corrected chi connectivity index (χ2v) is 5.83. The number of amides is 1. The summed E-state index contributed by atoms with van der Waals surface area (Å²) >= 11 is 0. The lowest BCUT2D eigenvalue weighted by molar-refractivity contribution is 0.0927. The lowest BCUT2D eigenvalue weighted by Crippen LogP contribution is -2.34. The predicted molar refractivity (Wildman–Crippen MR) is 104 cm³/mol. The number of hydrogen-bond donors (Lipinski definition) is 3. The number of β-amino-alcohol motifs (C(OH)–C–C–N with tert-alkyl or cyclic N) is 1. The monoisotopic (exact) mass is 399 g/mol. The lowest BCUT2D eigenvalue weighted by Gasteiger charge is -2.14. The van der Waals surface area contributed by atoms with Gasteiger partial charge in [0.25, 0.3) is 5.91 Å². The number of nitrogens with one attached hydrogen (secondary N) is 2. The van der Waals surface area contributed by atoms with Crippen LogP contribution in [0.15, 0.2) is 48.7 Å². The number of pyridine rings is 1. The highest BCUT2D eigenvalue weighted by molar-refractivity contribution is 5.94. The molecule has 6 nitrogen and oxygen atoms in total. The number of aromatic nitrogens is 1. The molecule has 0 radical (unpaired) electrons. The summed E-state index contributed by atoms with van der Waals surface area (Å²) in [4.78, 5) is 16.3. The first-order valence-electron chi connectivity index (χ1n) is 8.02. The van der Waals surface area contributed by atoms with Gasteiger partial charge in [0.1, 0.15) is 12.4 Å². The maximum atomic E-state index is 12.1. The zero-order valence-corrected chi connectivity index (χ0v) is 15.8. The van der Waals surface area contributed by atoms with Crippen LogP contribution in [0.25, 0.3) is 0 Å². The molecule has 2 heterocycles. The Kier molecular flexibility index (Phi) is 9.37. The Balaban J connectivity index is 0.00000169. The second kappa shape index (κ2) is 11.0. The molecule has 26 heavy (non-hydrogen) atoms. The molecule has 1 aliphatic rings. The van der Waals surface area contributed by atoms with Gasteiger partial charge in [-0.05, 0) is 36.4 Å². The van der Waals surface area contributed by atoms with Crippen molar-refractivity contribution in [1.29, 1.82) is 0 Å². The van der Waals surface area contributed by atoms with E-state index in [2.05, 4.69) is 15.6 Å². The van der Waals surface area contributed by atoms with Crippen molar-refractivity contribution in [2.24, 2.45) is 5.92 Å². The molecule has 3 rings (SSSR count). The minimum atomic E-state index is -0.396. The van der Waals surface area contributed by atoms with Crippen LogP contribution in [0.1, 0.15) is 16.1 Å². The van der Waals surface area contributed by atoms with Crippen molar-refractivity contribution in [2.45, 2.75) is 12.7 Å². The first kappa shape index (κ1) is 22.2. The molecule has 0 spiro atoms. The quantitative estimate of drug-likeness (QED) is 0.689. The summed E-state index contributed by atoms with van der Waals surface area (Å²) in [7, 11) is 0. The minimum Gasteiger partial charge on any atom is -0.487 e. The third kappa shape index (κ3) is 6.14. The molecule has 2 aromatic rings. The lowest BCUT2D eigenvalue weighted by atomic mass is 10.1. The van der Waals surface area contributed by atoms with Crippen LogP contribution in [0.4, 0.5) is 0 Å². The van der Waals surface area contributed by atoms with E-state index in [4.69, 9.17) is 4.74 Å². The van der Waals surface area contributed by atoms with E-state index in [1.54, 1.807) is 30.5 Å². The Morgan fingerprint density at radius 2 is 1.96 bits per heavy atom. The van der Waals surface area contributed by atoms with Gasteiger partial charge in [-0.2, -0.15) is 0 Å². The summed E-state index contributed by atoms with van der Waals surface area (Å²) in [5.41, 5.74) is 1.42. The SMILES string of the molecule is Cl.Cl.O=C(NCC1CNCC1O)c1ccc(OCc2ccccn2)cc1. The number of benzene rings is 1. The van der Waals surface area contributed by atoms with E-state index >= 15 is 0 Å². The van der Waals surface area contributed by atoms with Crippen LogP contribution in [-0.2, 0) is 6.61 Å². The van der Waals surface area contributed by atoms with Gasteiger partial charge in [-0.15, -0.1) is 24.8 Å². The number of halogens is 2. The van der Waals surface area contributed by atoms with Gasteiger partial charge in [0, 0.05) is 37.3 Å². The van der Waals surface area contributed by atoms with E-state index < -0.39 is 6.10 Å². The van der Waals surface area contributed by atoms with Crippen LogP contribution in [0.2, 0.25) is 0 Å². The van der Waals surface area contributed by atoms with E-state index in [1.807, 2.05) is 18.2 Å². The van der Waals surface area contributed by atoms with Crippen molar-refractivity contribution in [3.05, 3.63) is 59.9 Å². The number of nitrogens with zero attached hydrogens (tertiary/aromatic N) is 1. The normalized spacial score (nSPS) is 18.3. The number of aliphatic hydroxyl groups excluding tert-OH is 1. The third-order valence-electron chi connectivity index (χ3n) is 4.06. The van der Waals surface area contributed by atoms with Crippen molar-refractivity contribution in [3.8, 4) is 5.75 Å². The van der Waals surface area contributed by atoms with Crippen molar-refractivity contribution < 1.29 is 14.6 Å². The van der Waals surface area contributed by atoms with Crippen LogP contribution in [0.3, 0.4) is 0 Å². The van der Waals surface area contributed by atoms with Gasteiger partial charge in [-0.25, -0.2) is 0 Å². The largest absolute Gasteiger partial charge is 0.487 e. The van der Waals surface area contributed by atoms with Crippen molar-refractivity contribution >= 4 is 30.7 Å². The van der Waals surface area contributed by atoms with E-state index in [0.717, 1.165) is 12.2 Å². The molecule has 0 bridgehead atoms. The highest BCUT2D eigenvalue weighted by Crippen LogP contribution is 2.14. The highest BCUT2D eigenvalue weighted by Gasteiger charge is 2.25. The van der Waals surface area contributed by atoms with Gasteiger partial charge in [-0.1, -0.05) is 6.07 Å². The highest BCUT2D eigenvalue weighted by atomic mass is 35.5. The first-order valence-corrected chi connectivity index (χ1v) is 8.02. The maximum Gasteiger partial charge on any atom is 0.251 e. The molecule has 1 fully saturated rings. The molecule has 142 valence electrons. The van der Waals surface area contributed by atoms with Crippen molar-refractivity contribution in [2.75, 3.05) is 19.6 Å². The average molecular weight is 400 g/mol. The summed E-state index contributed by atoms with van der Waals surface area (Å²) in [5.74, 6) is 0.605. The summed E-state index contributed by atoms with van der Waals surface area (Å²) in [6.45, 7) is 2.16. The van der Waals surface area contributed by atoms with Crippen LogP contribution in [-0.4, -0.2) is 41.7 Å². The molecule has 0 saturated carbocycles. The number of aliphatic hydroxyl groups is 1. The fraction of sp³-hybridized carbons (Fsp3) is 0.333. The smallest absolute Gasteiger partial charge is 0.251 e. The van der Waals surface area contributed by atoms with E-state index in [9.17, 15) is 9.90 Å². The molecule has 8 heteroatoms. The van der Waals surface area contributed by atoms with Gasteiger partial charge in [0.2, 0.25) is 0 Å². The van der Waals surface area contributed by atoms with Gasteiger partial charge in [-0.3, -0.25) is 9.78 Å². The molecule has 1 aliphatic heterocycles. The molecule has 1 amide bonds. The molecular weight excluding hydrogens is 377 g/mol. The van der Waals surface area contributed by atoms with Gasteiger partial charge in [0.05, 0.1) is 11.8 Å². The maximum absolute atomic E-state index is 12.1. The molecule has 2 unspecified atom stereocenters. The summed E-state index contributed by atoms with van der Waals surface area (Å²) < 4.78 is 5.65. The van der Waals surface area contributed by atoms with Crippen LogP contribution in [0, 0.1) is 5.92 Å². The van der Waals surface area contributed by atoms with Crippen LogP contribution >= 0.6 is 24.8 Å². The van der Waals surface area contributed by atoms with E-state index in [-0.39, 0.29) is 36.6 Å². The zero-order chi connectivity index (χ0) is 16.8. The Morgan fingerprint density at radius 1 is 1.19 bits per heavy atom. The van der Waals surface area contributed by atoms with E-state index in [0.29, 0.717) is 31.0 Å². The number of carbonyl (C=O) groups excluding carboxylic acids is 1. The number of rotatable bonds is 6. The molecule has 1 aromatic carbocycles. The van der Waals surface area contributed by atoms with E-state index in [1.165, 1.54) is 0 Å². The summed E-state index contributed by atoms with van der Waals surface area (Å²) in [5, 5.41) is 15.7. The second-order valence-electron chi connectivity index (χ2n) is 5.83. The average Bonchev–Trinajstić information content (AvgIpc) is 3.04. The summed E-state index contributed by atoms with van der Waals surface area (Å²) in [6.07, 6.45) is 1.33. The van der Waals surface area contributed by atoms with Crippen LogP contribution < -0.4 is 15.4 Å². The minimum absolute atomic E-state index is 0. The molecular formula is C18H23Cl2N3O3. The molecule has 2 atom stereocenters. The number of hydrogen-bond acceptors (Lipinski definition) is 5. The number of ether oxygens (including phenoxy) is 1. The van der Waals surface area contributed by atoms with Crippen molar-refractivity contribution in [3.63, 3.8) is 0 Å². The molecule has 0 aliphatic carbocycles. The predicted octanol–water partition coefficient (Wildman–Crippen LogP) is 1.81. The third-order valence-corrected chi connectivity index (χ3v) is 4.06. The van der Waals surface area contributed by atoms with Crippen molar-refractivity contribution in [1.82, 2.24) is 15.6 Å². The van der Waals surface area contributed by atoms with Gasteiger partial charge >= 0.3 is 0 Å². The first-order chi connectivity index (χ1) is 11.7. The summed E-state index contributed by atoms with van der Waals surface area (Å²) in [6, 6.07) is 12.7.